The highest BCUT2D eigenvalue weighted by Crippen LogP contribution is 2.37. The summed E-state index contributed by atoms with van der Waals surface area (Å²) in [5.74, 6) is -1.99. The molecular formula is C9H16ClF2N. The van der Waals surface area contributed by atoms with Crippen LogP contribution in [0.25, 0.3) is 0 Å². The SMILES string of the molecule is C[C@@H](CC1CCC(F)(F)CC1)NCl. The lowest BCUT2D eigenvalue weighted by Crippen LogP contribution is -2.28. The van der Waals surface area contributed by atoms with Crippen LogP contribution in [0.5, 0.6) is 0 Å². The highest BCUT2D eigenvalue weighted by atomic mass is 35.5. The average Bonchev–Trinajstić information content (AvgIpc) is 2.08. The zero-order valence-electron chi connectivity index (χ0n) is 7.82. The quantitative estimate of drug-likeness (QED) is 0.707. The number of halogens is 3. The molecule has 1 saturated carbocycles. The van der Waals surface area contributed by atoms with E-state index in [9.17, 15) is 8.78 Å². The van der Waals surface area contributed by atoms with Crippen molar-refractivity contribution in [3.63, 3.8) is 0 Å². The monoisotopic (exact) mass is 211 g/mol. The molecule has 1 aliphatic rings. The van der Waals surface area contributed by atoms with Gasteiger partial charge in [0.25, 0.3) is 0 Å². The molecule has 0 saturated heterocycles. The Labute approximate surface area is 82.9 Å². The molecule has 1 rings (SSSR count). The molecule has 0 aromatic carbocycles. The molecule has 78 valence electrons. The van der Waals surface area contributed by atoms with Gasteiger partial charge in [0.05, 0.1) is 0 Å². The minimum Gasteiger partial charge on any atom is -0.231 e. The number of hydrogen-bond donors (Lipinski definition) is 1. The van der Waals surface area contributed by atoms with Gasteiger partial charge in [-0.05, 0) is 43.9 Å². The lowest BCUT2D eigenvalue weighted by molar-refractivity contribution is -0.0470. The Morgan fingerprint density at radius 1 is 1.46 bits per heavy atom. The number of hydrogen-bond acceptors (Lipinski definition) is 1. The van der Waals surface area contributed by atoms with Crippen molar-refractivity contribution in [2.75, 3.05) is 0 Å². The molecule has 0 amide bonds. The fourth-order valence-electron chi connectivity index (χ4n) is 1.88. The summed E-state index contributed by atoms with van der Waals surface area (Å²) in [4.78, 5) is 2.62. The molecule has 0 aromatic heterocycles. The van der Waals surface area contributed by atoms with Crippen LogP contribution in [0.3, 0.4) is 0 Å². The maximum atomic E-state index is 12.8. The van der Waals surface area contributed by atoms with Crippen molar-refractivity contribution < 1.29 is 8.78 Å². The smallest absolute Gasteiger partial charge is 0.231 e. The summed E-state index contributed by atoms with van der Waals surface area (Å²) >= 11 is 5.43. The van der Waals surface area contributed by atoms with Gasteiger partial charge in [0.2, 0.25) is 5.92 Å². The molecule has 4 heteroatoms. The highest BCUT2D eigenvalue weighted by Gasteiger charge is 2.34. The van der Waals surface area contributed by atoms with Gasteiger partial charge in [-0.1, -0.05) is 0 Å². The molecular weight excluding hydrogens is 196 g/mol. The van der Waals surface area contributed by atoms with Crippen LogP contribution >= 0.6 is 11.8 Å². The molecule has 1 atom stereocenters. The van der Waals surface area contributed by atoms with E-state index in [0.717, 1.165) is 6.42 Å². The van der Waals surface area contributed by atoms with Crippen LogP contribution in [0.2, 0.25) is 0 Å². The van der Waals surface area contributed by atoms with Crippen molar-refractivity contribution in [2.24, 2.45) is 5.92 Å². The normalized spacial score (nSPS) is 25.8. The van der Waals surface area contributed by atoms with Gasteiger partial charge >= 0.3 is 0 Å². The van der Waals surface area contributed by atoms with Gasteiger partial charge < -0.3 is 0 Å². The fraction of sp³-hybridized carbons (Fsp3) is 1.00. The van der Waals surface area contributed by atoms with E-state index >= 15 is 0 Å². The molecule has 0 unspecified atom stereocenters. The van der Waals surface area contributed by atoms with Crippen LogP contribution in [0, 0.1) is 5.92 Å². The van der Waals surface area contributed by atoms with Crippen molar-refractivity contribution in [3.05, 3.63) is 0 Å². The van der Waals surface area contributed by atoms with E-state index < -0.39 is 5.92 Å². The molecule has 0 heterocycles. The van der Waals surface area contributed by atoms with Crippen molar-refractivity contribution in [2.45, 2.75) is 51.0 Å². The molecule has 0 aromatic rings. The molecule has 1 aliphatic carbocycles. The van der Waals surface area contributed by atoms with Crippen LogP contribution < -0.4 is 4.84 Å². The van der Waals surface area contributed by atoms with Crippen molar-refractivity contribution in [1.82, 2.24) is 4.84 Å². The second-order valence-electron chi connectivity index (χ2n) is 4.05. The molecule has 1 nitrogen and oxygen atoms in total. The minimum absolute atomic E-state index is 0.0483. The summed E-state index contributed by atoms with van der Waals surface area (Å²) in [6.45, 7) is 1.97. The van der Waals surface area contributed by atoms with Gasteiger partial charge in [-0.15, -0.1) is 0 Å². The Kier molecular flexibility index (Phi) is 3.92. The van der Waals surface area contributed by atoms with Gasteiger partial charge in [-0.25, -0.2) is 13.6 Å². The Morgan fingerprint density at radius 2 is 2.00 bits per heavy atom. The Morgan fingerprint density at radius 3 is 2.46 bits per heavy atom. The van der Waals surface area contributed by atoms with Gasteiger partial charge in [0.15, 0.2) is 0 Å². The summed E-state index contributed by atoms with van der Waals surface area (Å²) in [6.07, 6.45) is 2.27. The maximum Gasteiger partial charge on any atom is 0.248 e. The molecule has 0 spiro atoms. The Hall–Kier alpha value is 0.110. The zero-order valence-corrected chi connectivity index (χ0v) is 8.58. The predicted molar refractivity (Wildman–Crippen MR) is 50.0 cm³/mol. The second-order valence-corrected chi connectivity index (χ2v) is 4.26. The maximum absolute atomic E-state index is 12.8. The summed E-state index contributed by atoms with van der Waals surface area (Å²) in [7, 11) is 0. The summed E-state index contributed by atoms with van der Waals surface area (Å²) in [5, 5.41) is 0. The van der Waals surface area contributed by atoms with Crippen LogP contribution in [-0.4, -0.2) is 12.0 Å². The van der Waals surface area contributed by atoms with Gasteiger partial charge in [-0.3, -0.25) is 0 Å². The topological polar surface area (TPSA) is 12.0 Å². The van der Waals surface area contributed by atoms with E-state index in [4.69, 9.17) is 11.8 Å². The van der Waals surface area contributed by atoms with Gasteiger partial charge in [0, 0.05) is 18.9 Å². The standard InChI is InChI=1S/C9H16ClF2N/c1-7(13-10)6-8-2-4-9(11,12)5-3-8/h7-8,13H,2-6H2,1H3/t7-/m0/s1. The first kappa shape index (κ1) is 11.2. The van der Waals surface area contributed by atoms with Crippen molar-refractivity contribution >= 4 is 11.8 Å². The first-order valence-electron chi connectivity index (χ1n) is 4.77. The number of alkyl halides is 2. The van der Waals surface area contributed by atoms with Crippen LogP contribution in [0.15, 0.2) is 0 Å². The van der Waals surface area contributed by atoms with E-state index in [1.165, 1.54) is 0 Å². The summed E-state index contributed by atoms with van der Waals surface area (Å²) in [6, 6.07) is 0.221. The first-order valence-corrected chi connectivity index (χ1v) is 5.15. The van der Waals surface area contributed by atoms with Gasteiger partial charge in [0.1, 0.15) is 0 Å². The highest BCUT2D eigenvalue weighted by molar-refractivity contribution is 6.13. The van der Waals surface area contributed by atoms with Crippen LogP contribution in [-0.2, 0) is 0 Å². The third-order valence-corrected chi connectivity index (χ3v) is 3.08. The van der Waals surface area contributed by atoms with Crippen molar-refractivity contribution in [3.8, 4) is 0 Å². The van der Waals surface area contributed by atoms with E-state index in [1.54, 1.807) is 0 Å². The molecule has 1 fully saturated rings. The van der Waals surface area contributed by atoms with E-state index in [-0.39, 0.29) is 18.9 Å². The lowest BCUT2D eigenvalue weighted by atomic mass is 9.83. The molecule has 0 aliphatic heterocycles. The Balaban J connectivity index is 2.25. The third kappa shape index (κ3) is 3.77. The minimum atomic E-state index is -2.41. The average molecular weight is 212 g/mol. The Bertz CT molecular complexity index is 154. The molecule has 13 heavy (non-hydrogen) atoms. The fourth-order valence-corrected chi connectivity index (χ4v) is 1.97. The molecule has 0 radical (unpaired) electrons. The molecule has 1 N–H and O–H groups in total. The zero-order chi connectivity index (χ0) is 9.90. The number of rotatable bonds is 3. The van der Waals surface area contributed by atoms with E-state index in [2.05, 4.69) is 4.84 Å². The molecule has 0 bridgehead atoms. The first-order chi connectivity index (χ1) is 6.03. The van der Waals surface area contributed by atoms with Crippen LogP contribution in [0.4, 0.5) is 8.78 Å². The number of nitrogens with one attached hydrogen (secondary N) is 1. The summed E-state index contributed by atoms with van der Waals surface area (Å²) in [5.41, 5.74) is 0. The van der Waals surface area contributed by atoms with Crippen molar-refractivity contribution in [1.29, 1.82) is 0 Å². The van der Waals surface area contributed by atoms with Gasteiger partial charge in [-0.2, -0.15) is 0 Å². The third-order valence-electron chi connectivity index (χ3n) is 2.71. The summed E-state index contributed by atoms with van der Waals surface area (Å²) < 4.78 is 25.5. The van der Waals surface area contributed by atoms with E-state index in [1.807, 2.05) is 6.92 Å². The lowest BCUT2D eigenvalue weighted by Gasteiger charge is -2.29. The largest absolute Gasteiger partial charge is 0.248 e. The second kappa shape index (κ2) is 4.56. The van der Waals surface area contributed by atoms with E-state index in [0.29, 0.717) is 18.8 Å². The predicted octanol–water partition coefficient (Wildman–Crippen LogP) is 3.33. The van der Waals surface area contributed by atoms with Crippen LogP contribution in [0.1, 0.15) is 39.0 Å².